The summed E-state index contributed by atoms with van der Waals surface area (Å²) < 4.78 is 10.5. The number of unbranched alkanes of at least 4 members (excludes halogenated alkanes) is 4. The zero-order valence-corrected chi connectivity index (χ0v) is 15.8. The number of ether oxygens (including phenoxy) is 2. The second kappa shape index (κ2) is 11.8. The fourth-order valence-electron chi connectivity index (χ4n) is 1.84. The van der Waals surface area contributed by atoms with Crippen molar-refractivity contribution >= 4 is 34.8 Å². The van der Waals surface area contributed by atoms with Crippen molar-refractivity contribution in [2.45, 2.75) is 70.9 Å². The Balaban J connectivity index is 3.65. The number of alkyl halides is 1. The maximum Gasteiger partial charge on any atom is 0.505 e. The number of hydrogen-bond acceptors (Lipinski definition) is 4. The van der Waals surface area contributed by atoms with Gasteiger partial charge in [-0.3, -0.25) is 0 Å². The number of alkyl carbamates (subject to hydrolysis) is 1. The molecular formula is C15H28INO5. The molecule has 0 spiro atoms. The molecule has 0 aliphatic heterocycles. The van der Waals surface area contributed by atoms with Crippen LogP contribution in [0.25, 0.3) is 0 Å². The first-order chi connectivity index (χ1) is 10.2. The number of carbonyl (C=O) groups excluding carboxylic acids is 1. The van der Waals surface area contributed by atoms with Crippen molar-refractivity contribution < 1.29 is 24.2 Å². The SMILES string of the molecule is CC(C)(C)OC(=O)NC(CI)CCCCCCCOC(=O)O. The van der Waals surface area contributed by atoms with Gasteiger partial charge in [-0.25, -0.2) is 9.59 Å². The molecule has 6 nitrogen and oxygen atoms in total. The lowest BCUT2D eigenvalue weighted by Gasteiger charge is -2.22. The molecule has 0 aromatic carbocycles. The lowest BCUT2D eigenvalue weighted by atomic mass is 10.1. The maximum absolute atomic E-state index is 11.7. The lowest BCUT2D eigenvalue weighted by Crippen LogP contribution is -2.40. The van der Waals surface area contributed by atoms with Gasteiger partial charge in [0.25, 0.3) is 0 Å². The van der Waals surface area contributed by atoms with Gasteiger partial charge in [0.2, 0.25) is 0 Å². The standard InChI is InChI=1S/C15H28INO5/c1-15(2,3)22-13(18)17-12(11-16)9-7-5-4-6-8-10-21-14(19)20/h12H,4-11H2,1-3H3,(H,17,18)(H,19,20). The molecular weight excluding hydrogens is 401 g/mol. The van der Waals surface area contributed by atoms with E-state index in [1.54, 1.807) is 0 Å². The van der Waals surface area contributed by atoms with E-state index in [0.29, 0.717) is 0 Å². The Morgan fingerprint density at radius 2 is 1.73 bits per heavy atom. The number of nitrogens with one attached hydrogen (secondary N) is 1. The fraction of sp³-hybridized carbons (Fsp3) is 0.867. The molecule has 0 heterocycles. The zero-order valence-electron chi connectivity index (χ0n) is 13.7. The molecule has 7 heteroatoms. The summed E-state index contributed by atoms with van der Waals surface area (Å²) in [6, 6.07) is 0.130. The van der Waals surface area contributed by atoms with Crippen molar-refractivity contribution in [1.29, 1.82) is 0 Å². The summed E-state index contributed by atoms with van der Waals surface area (Å²) in [6.45, 7) is 5.81. The molecule has 0 fully saturated rings. The highest BCUT2D eigenvalue weighted by Gasteiger charge is 2.18. The highest BCUT2D eigenvalue weighted by molar-refractivity contribution is 14.1. The Bertz CT molecular complexity index is 330. The van der Waals surface area contributed by atoms with Crippen LogP contribution in [-0.2, 0) is 9.47 Å². The topological polar surface area (TPSA) is 84.9 Å². The molecule has 0 aliphatic rings. The van der Waals surface area contributed by atoms with Crippen molar-refractivity contribution in [3.05, 3.63) is 0 Å². The van der Waals surface area contributed by atoms with Gasteiger partial charge in [0.15, 0.2) is 0 Å². The van der Waals surface area contributed by atoms with Crippen molar-refractivity contribution in [2.24, 2.45) is 0 Å². The van der Waals surface area contributed by atoms with E-state index in [1.807, 2.05) is 20.8 Å². The monoisotopic (exact) mass is 429 g/mol. The van der Waals surface area contributed by atoms with E-state index in [2.05, 4.69) is 32.6 Å². The lowest BCUT2D eigenvalue weighted by molar-refractivity contribution is 0.0507. The van der Waals surface area contributed by atoms with E-state index in [4.69, 9.17) is 9.84 Å². The molecule has 22 heavy (non-hydrogen) atoms. The summed E-state index contributed by atoms with van der Waals surface area (Å²) >= 11 is 2.26. The second-order valence-electron chi connectivity index (χ2n) is 6.17. The van der Waals surface area contributed by atoms with Crippen LogP contribution in [-0.4, -0.2) is 40.0 Å². The molecule has 0 aromatic heterocycles. The zero-order chi connectivity index (χ0) is 17.0. The average molecular weight is 429 g/mol. The predicted molar refractivity (Wildman–Crippen MR) is 93.7 cm³/mol. The van der Waals surface area contributed by atoms with E-state index < -0.39 is 11.8 Å². The molecule has 0 aliphatic carbocycles. The van der Waals surface area contributed by atoms with E-state index >= 15 is 0 Å². The highest BCUT2D eigenvalue weighted by atomic mass is 127. The summed E-state index contributed by atoms with van der Waals surface area (Å²) in [5.41, 5.74) is -0.474. The van der Waals surface area contributed by atoms with Crippen LogP contribution in [0.15, 0.2) is 0 Å². The third-order valence-electron chi connectivity index (χ3n) is 2.83. The normalized spacial score (nSPS) is 12.5. The summed E-state index contributed by atoms with van der Waals surface area (Å²) in [5.74, 6) is 0. The van der Waals surface area contributed by atoms with Gasteiger partial charge in [-0.05, 0) is 33.6 Å². The average Bonchev–Trinajstić information content (AvgIpc) is 2.37. The second-order valence-corrected chi connectivity index (χ2v) is 7.05. The Morgan fingerprint density at radius 3 is 2.27 bits per heavy atom. The number of rotatable bonds is 10. The van der Waals surface area contributed by atoms with Gasteiger partial charge < -0.3 is 19.9 Å². The predicted octanol–water partition coefficient (Wildman–Crippen LogP) is 4.35. The van der Waals surface area contributed by atoms with Crippen molar-refractivity contribution in [3.63, 3.8) is 0 Å². The molecule has 1 amide bonds. The van der Waals surface area contributed by atoms with E-state index in [-0.39, 0.29) is 18.7 Å². The van der Waals surface area contributed by atoms with Gasteiger partial charge in [-0.15, -0.1) is 0 Å². The Labute approximate surface area is 146 Å². The molecule has 130 valence electrons. The van der Waals surface area contributed by atoms with Gasteiger partial charge in [-0.2, -0.15) is 0 Å². The third kappa shape index (κ3) is 14.2. The molecule has 0 saturated heterocycles. The Kier molecular flexibility index (Phi) is 11.4. The summed E-state index contributed by atoms with van der Waals surface area (Å²) in [6.07, 6.45) is 4.22. The van der Waals surface area contributed by atoms with Crippen LogP contribution in [0.3, 0.4) is 0 Å². The molecule has 2 N–H and O–H groups in total. The van der Waals surface area contributed by atoms with Crippen molar-refractivity contribution in [1.82, 2.24) is 5.32 Å². The highest BCUT2D eigenvalue weighted by Crippen LogP contribution is 2.11. The molecule has 0 rings (SSSR count). The summed E-state index contributed by atoms with van der Waals surface area (Å²) in [7, 11) is 0. The fourth-order valence-corrected chi connectivity index (χ4v) is 2.51. The first-order valence-corrected chi connectivity index (χ1v) is 9.18. The van der Waals surface area contributed by atoms with E-state index in [1.165, 1.54) is 0 Å². The molecule has 0 radical (unpaired) electrons. The molecule has 0 bridgehead atoms. The minimum Gasteiger partial charge on any atom is -0.450 e. The van der Waals surface area contributed by atoms with Gasteiger partial charge in [-0.1, -0.05) is 48.3 Å². The number of amides is 1. The van der Waals surface area contributed by atoms with Crippen LogP contribution >= 0.6 is 22.6 Å². The van der Waals surface area contributed by atoms with Gasteiger partial charge in [0, 0.05) is 10.5 Å². The largest absolute Gasteiger partial charge is 0.505 e. The summed E-state index contributed by atoms with van der Waals surface area (Å²) in [5, 5.41) is 11.2. The molecule has 1 unspecified atom stereocenters. The summed E-state index contributed by atoms with van der Waals surface area (Å²) in [4.78, 5) is 21.8. The molecule has 0 aromatic rings. The van der Waals surface area contributed by atoms with Crippen LogP contribution < -0.4 is 5.32 Å². The Hall–Kier alpha value is -0.730. The number of carboxylic acid groups (broad SMARTS) is 1. The Morgan fingerprint density at radius 1 is 1.14 bits per heavy atom. The van der Waals surface area contributed by atoms with Crippen molar-refractivity contribution in [3.8, 4) is 0 Å². The first-order valence-electron chi connectivity index (χ1n) is 7.66. The van der Waals surface area contributed by atoms with E-state index in [9.17, 15) is 9.59 Å². The molecule has 0 saturated carbocycles. The van der Waals surface area contributed by atoms with E-state index in [0.717, 1.165) is 43.0 Å². The van der Waals surface area contributed by atoms with Crippen LogP contribution in [0.2, 0.25) is 0 Å². The van der Waals surface area contributed by atoms with Crippen LogP contribution in [0.1, 0.15) is 59.3 Å². The first kappa shape index (κ1) is 21.3. The van der Waals surface area contributed by atoms with Crippen molar-refractivity contribution in [2.75, 3.05) is 11.0 Å². The smallest absolute Gasteiger partial charge is 0.450 e. The minimum atomic E-state index is -1.21. The van der Waals surface area contributed by atoms with Crippen LogP contribution in [0.4, 0.5) is 9.59 Å². The number of carbonyl (C=O) groups is 2. The van der Waals surface area contributed by atoms with Gasteiger partial charge >= 0.3 is 12.2 Å². The number of hydrogen-bond donors (Lipinski definition) is 2. The molecule has 1 atom stereocenters. The number of halogens is 1. The van der Waals surface area contributed by atoms with Gasteiger partial charge in [0.05, 0.1) is 6.61 Å². The van der Waals surface area contributed by atoms with Gasteiger partial charge in [0.1, 0.15) is 5.60 Å². The van der Waals surface area contributed by atoms with Crippen LogP contribution in [0.5, 0.6) is 0 Å². The quantitative estimate of drug-likeness (QED) is 0.234. The third-order valence-corrected chi connectivity index (χ3v) is 3.89. The maximum atomic E-state index is 11.7. The van der Waals surface area contributed by atoms with Crippen LogP contribution in [0, 0.1) is 0 Å². The minimum absolute atomic E-state index is 0.130.